The van der Waals surface area contributed by atoms with Gasteiger partial charge in [0.1, 0.15) is 6.04 Å². The normalized spacial score (nSPS) is 12.7. The zero-order valence-corrected chi connectivity index (χ0v) is 11.4. The maximum Gasteiger partial charge on any atom is 0.328 e. The number of carbonyl (C=O) groups excluding carboxylic acids is 3. The molecular formula is C10H19ClN2O5. The van der Waals surface area contributed by atoms with Crippen molar-refractivity contribution in [3.8, 4) is 0 Å². The molecule has 0 aliphatic carbocycles. The Morgan fingerprint density at radius 2 is 1.78 bits per heavy atom. The highest BCUT2D eigenvalue weighted by molar-refractivity contribution is 5.87. The fourth-order valence-electron chi connectivity index (χ4n) is 1.06. The summed E-state index contributed by atoms with van der Waals surface area (Å²) in [7, 11) is 2.45. The predicted octanol–water partition coefficient (Wildman–Crippen LogP) is -0.634. The zero-order chi connectivity index (χ0) is 13.4. The largest absolute Gasteiger partial charge is 0.469 e. The van der Waals surface area contributed by atoms with Gasteiger partial charge in [-0.15, -0.1) is 12.4 Å². The minimum Gasteiger partial charge on any atom is -0.469 e. The molecule has 3 N–H and O–H groups in total. The molecule has 0 unspecified atom stereocenters. The van der Waals surface area contributed by atoms with Gasteiger partial charge in [-0.1, -0.05) is 0 Å². The summed E-state index contributed by atoms with van der Waals surface area (Å²) in [5.74, 6) is -1.57. The first-order valence-electron chi connectivity index (χ1n) is 5.13. The highest BCUT2D eigenvalue weighted by atomic mass is 35.5. The predicted molar refractivity (Wildman–Crippen MR) is 66.1 cm³/mol. The Balaban J connectivity index is 0. The number of carbonyl (C=O) groups is 3. The van der Waals surface area contributed by atoms with Gasteiger partial charge in [0.25, 0.3) is 0 Å². The molecule has 18 heavy (non-hydrogen) atoms. The first-order valence-corrected chi connectivity index (χ1v) is 5.13. The molecule has 8 heteroatoms. The van der Waals surface area contributed by atoms with Crippen LogP contribution in [0.15, 0.2) is 0 Å². The average molecular weight is 283 g/mol. The van der Waals surface area contributed by atoms with Gasteiger partial charge in [0, 0.05) is 6.42 Å². The average Bonchev–Trinajstić information content (AvgIpc) is 2.32. The Bertz CT molecular complexity index is 296. The summed E-state index contributed by atoms with van der Waals surface area (Å²) in [6, 6.07) is -1.63. The van der Waals surface area contributed by atoms with Crippen LogP contribution in [-0.2, 0) is 23.9 Å². The van der Waals surface area contributed by atoms with Gasteiger partial charge in [-0.25, -0.2) is 4.79 Å². The lowest BCUT2D eigenvalue weighted by Gasteiger charge is -2.17. The van der Waals surface area contributed by atoms with Gasteiger partial charge in [0.15, 0.2) is 0 Å². The van der Waals surface area contributed by atoms with E-state index in [1.54, 1.807) is 0 Å². The third-order valence-electron chi connectivity index (χ3n) is 2.08. The van der Waals surface area contributed by atoms with Crippen molar-refractivity contribution in [2.24, 2.45) is 5.73 Å². The standard InChI is InChI=1S/C10H18N2O5.ClH/c1-6(11)9(14)12-7(10(15)17-3)4-5-8(13)16-2;/h6-7H,4-5,11H2,1-3H3,(H,12,14);1H/t6-,7+;/m0./s1. The van der Waals surface area contributed by atoms with E-state index in [4.69, 9.17) is 5.73 Å². The number of methoxy groups -OCH3 is 2. The number of hydrogen-bond donors (Lipinski definition) is 2. The maximum atomic E-state index is 11.3. The maximum absolute atomic E-state index is 11.3. The number of nitrogens with two attached hydrogens (primary N) is 1. The van der Waals surface area contributed by atoms with Crippen LogP contribution in [0, 0.1) is 0 Å². The monoisotopic (exact) mass is 282 g/mol. The van der Waals surface area contributed by atoms with E-state index >= 15 is 0 Å². The van der Waals surface area contributed by atoms with E-state index in [0.29, 0.717) is 0 Å². The smallest absolute Gasteiger partial charge is 0.328 e. The highest BCUT2D eigenvalue weighted by Gasteiger charge is 2.23. The molecule has 0 heterocycles. The van der Waals surface area contributed by atoms with Crippen LogP contribution >= 0.6 is 12.4 Å². The van der Waals surface area contributed by atoms with E-state index in [1.807, 2.05) is 0 Å². The number of halogens is 1. The van der Waals surface area contributed by atoms with Crippen LogP contribution in [0.1, 0.15) is 19.8 Å². The second-order valence-corrected chi connectivity index (χ2v) is 3.49. The van der Waals surface area contributed by atoms with Crippen molar-refractivity contribution in [1.82, 2.24) is 5.32 Å². The lowest BCUT2D eigenvalue weighted by Crippen LogP contribution is -2.47. The van der Waals surface area contributed by atoms with Gasteiger partial charge in [0.05, 0.1) is 20.3 Å². The number of rotatable bonds is 6. The van der Waals surface area contributed by atoms with Gasteiger partial charge >= 0.3 is 11.9 Å². The summed E-state index contributed by atoms with van der Waals surface area (Å²) in [5, 5.41) is 2.40. The van der Waals surface area contributed by atoms with E-state index in [0.717, 1.165) is 0 Å². The second kappa shape index (κ2) is 9.67. The quantitative estimate of drug-likeness (QED) is 0.628. The molecule has 7 nitrogen and oxygen atoms in total. The molecule has 0 radical (unpaired) electrons. The van der Waals surface area contributed by atoms with Crippen LogP contribution in [0.5, 0.6) is 0 Å². The molecule has 0 spiro atoms. The van der Waals surface area contributed by atoms with Crippen molar-refractivity contribution >= 4 is 30.3 Å². The number of hydrogen-bond acceptors (Lipinski definition) is 6. The van der Waals surface area contributed by atoms with Gasteiger partial charge in [0.2, 0.25) is 5.91 Å². The molecule has 1 amide bonds. The molecule has 0 aliphatic heterocycles. The van der Waals surface area contributed by atoms with E-state index in [9.17, 15) is 14.4 Å². The molecule has 0 saturated carbocycles. The van der Waals surface area contributed by atoms with Crippen LogP contribution in [0.4, 0.5) is 0 Å². The van der Waals surface area contributed by atoms with E-state index in [-0.39, 0.29) is 25.2 Å². The Labute approximate surface area is 112 Å². The van der Waals surface area contributed by atoms with E-state index in [1.165, 1.54) is 21.1 Å². The Morgan fingerprint density at radius 3 is 2.17 bits per heavy atom. The topological polar surface area (TPSA) is 108 Å². The molecule has 0 aliphatic rings. The second-order valence-electron chi connectivity index (χ2n) is 3.49. The van der Waals surface area contributed by atoms with Crippen molar-refractivity contribution in [1.29, 1.82) is 0 Å². The van der Waals surface area contributed by atoms with Gasteiger partial charge < -0.3 is 20.5 Å². The zero-order valence-electron chi connectivity index (χ0n) is 10.6. The molecule has 0 fully saturated rings. The van der Waals surface area contributed by atoms with Gasteiger partial charge in [-0.05, 0) is 13.3 Å². The van der Waals surface area contributed by atoms with Crippen LogP contribution in [0.25, 0.3) is 0 Å². The number of esters is 2. The van der Waals surface area contributed by atoms with Crippen molar-refractivity contribution < 1.29 is 23.9 Å². The molecule has 106 valence electrons. The molecule has 2 atom stereocenters. The van der Waals surface area contributed by atoms with E-state index in [2.05, 4.69) is 14.8 Å². The van der Waals surface area contributed by atoms with Crippen LogP contribution in [0.2, 0.25) is 0 Å². The van der Waals surface area contributed by atoms with Crippen LogP contribution < -0.4 is 11.1 Å². The first kappa shape index (κ1) is 19.0. The van der Waals surface area contributed by atoms with Crippen LogP contribution in [-0.4, -0.2) is 44.1 Å². The highest BCUT2D eigenvalue weighted by Crippen LogP contribution is 2.01. The third-order valence-corrected chi connectivity index (χ3v) is 2.08. The summed E-state index contributed by atoms with van der Waals surface area (Å²) in [5.41, 5.74) is 5.35. The number of nitrogens with one attached hydrogen (secondary N) is 1. The summed E-state index contributed by atoms with van der Waals surface area (Å²) in [6.07, 6.45) is 0.118. The lowest BCUT2D eigenvalue weighted by atomic mass is 10.1. The summed E-state index contributed by atoms with van der Waals surface area (Å²) < 4.78 is 8.95. The minimum absolute atomic E-state index is 0. The van der Waals surface area contributed by atoms with Crippen molar-refractivity contribution in [2.45, 2.75) is 31.8 Å². The molecule has 0 saturated heterocycles. The Kier molecular flexibility index (Phi) is 10.2. The molecule has 0 bridgehead atoms. The summed E-state index contributed by atoms with van der Waals surface area (Å²) in [6.45, 7) is 1.49. The molecule has 0 aromatic heterocycles. The molecule has 0 aromatic carbocycles. The Morgan fingerprint density at radius 1 is 1.22 bits per heavy atom. The number of amides is 1. The third kappa shape index (κ3) is 7.08. The lowest BCUT2D eigenvalue weighted by molar-refractivity contribution is -0.146. The fraction of sp³-hybridized carbons (Fsp3) is 0.700. The van der Waals surface area contributed by atoms with Crippen molar-refractivity contribution in [2.75, 3.05) is 14.2 Å². The van der Waals surface area contributed by atoms with Gasteiger partial charge in [-0.2, -0.15) is 0 Å². The van der Waals surface area contributed by atoms with Gasteiger partial charge in [-0.3, -0.25) is 9.59 Å². The molecule has 0 rings (SSSR count). The summed E-state index contributed by atoms with van der Waals surface area (Å²) >= 11 is 0. The Hall–Kier alpha value is -1.34. The first-order chi connectivity index (χ1) is 7.92. The molecular weight excluding hydrogens is 264 g/mol. The summed E-state index contributed by atoms with van der Waals surface area (Å²) in [4.78, 5) is 33.6. The van der Waals surface area contributed by atoms with Crippen molar-refractivity contribution in [3.63, 3.8) is 0 Å². The fourth-order valence-corrected chi connectivity index (χ4v) is 1.06. The SMILES string of the molecule is COC(=O)CC[C@@H](NC(=O)[C@H](C)N)C(=O)OC.Cl. The number of ether oxygens (including phenoxy) is 2. The molecule has 0 aromatic rings. The van der Waals surface area contributed by atoms with Crippen molar-refractivity contribution in [3.05, 3.63) is 0 Å². The minimum atomic E-state index is -0.891. The van der Waals surface area contributed by atoms with Crippen LogP contribution in [0.3, 0.4) is 0 Å². The van der Waals surface area contributed by atoms with E-state index < -0.39 is 29.9 Å².